The summed E-state index contributed by atoms with van der Waals surface area (Å²) in [5.41, 5.74) is 7.74. The first-order chi connectivity index (χ1) is 9.63. The van der Waals surface area contributed by atoms with Crippen LogP contribution in [-0.2, 0) is 0 Å². The summed E-state index contributed by atoms with van der Waals surface area (Å²) in [5.74, 6) is 1.48. The number of aryl methyl sites for hydroxylation is 2. The Morgan fingerprint density at radius 3 is 2.25 bits per heavy atom. The highest BCUT2D eigenvalue weighted by atomic mass is 15.5. The number of anilines is 2. The van der Waals surface area contributed by atoms with E-state index in [9.17, 15) is 0 Å². The molecule has 3 heterocycles. The molecule has 0 amide bonds. The average molecular weight is 273 g/mol. The van der Waals surface area contributed by atoms with Crippen LogP contribution in [0.5, 0.6) is 0 Å². The van der Waals surface area contributed by atoms with Gasteiger partial charge in [-0.15, -0.1) is 5.10 Å². The van der Waals surface area contributed by atoms with Crippen molar-refractivity contribution in [1.82, 2.24) is 24.7 Å². The molecule has 0 radical (unpaired) electrons. The summed E-state index contributed by atoms with van der Waals surface area (Å²) in [7, 11) is 0. The molecule has 1 saturated heterocycles. The van der Waals surface area contributed by atoms with E-state index in [1.165, 1.54) is 23.9 Å². The van der Waals surface area contributed by atoms with Crippen molar-refractivity contribution in [1.29, 1.82) is 0 Å². The van der Waals surface area contributed by atoms with Crippen LogP contribution in [0.2, 0.25) is 0 Å². The Labute approximate surface area is 117 Å². The van der Waals surface area contributed by atoms with Gasteiger partial charge < -0.3 is 10.6 Å². The second-order valence-corrected chi connectivity index (χ2v) is 5.18. The van der Waals surface area contributed by atoms with E-state index in [0.29, 0.717) is 17.8 Å². The molecule has 20 heavy (non-hydrogen) atoms. The quantitative estimate of drug-likeness (QED) is 0.886. The maximum atomic E-state index is 5.96. The first-order valence-corrected chi connectivity index (χ1v) is 6.93. The predicted octanol–water partition coefficient (Wildman–Crippen LogP) is 1.25. The van der Waals surface area contributed by atoms with E-state index in [4.69, 9.17) is 5.73 Å². The Balaban J connectivity index is 1.95. The van der Waals surface area contributed by atoms with Crippen molar-refractivity contribution in [3.8, 4) is 5.95 Å². The Morgan fingerprint density at radius 2 is 1.60 bits per heavy atom. The highest BCUT2D eigenvalue weighted by molar-refractivity contribution is 5.39. The van der Waals surface area contributed by atoms with Crippen LogP contribution in [0.1, 0.15) is 30.7 Å². The third-order valence-corrected chi connectivity index (χ3v) is 3.42. The molecule has 2 aromatic heterocycles. The van der Waals surface area contributed by atoms with E-state index in [1.54, 1.807) is 0 Å². The molecule has 0 saturated carbocycles. The van der Waals surface area contributed by atoms with Crippen molar-refractivity contribution in [2.24, 2.45) is 0 Å². The third-order valence-electron chi connectivity index (χ3n) is 3.42. The van der Waals surface area contributed by atoms with Gasteiger partial charge in [0.2, 0.25) is 11.9 Å². The third kappa shape index (κ3) is 2.43. The van der Waals surface area contributed by atoms with E-state index in [-0.39, 0.29) is 0 Å². The first-order valence-electron chi connectivity index (χ1n) is 6.93. The summed E-state index contributed by atoms with van der Waals surface area (Å²) in [6.45, 7) is 5.82. The number of nitrogen functional groups attached to an aromatic ring is 1. The second kappa shape index (κ2) is 5.07. The van der Waals surface area contributed by atoms with Crippen molar-refractivity contribution < 1.29 is 0 Å². The molecule has 0 aromatic carbocycles. The second-order valence-electron chi connectivity index (χ2n) is 5.18. The zero-order chi connectivity index (χ0) is 14.1. The van der Waals surface area contributed by atoms with Gasteiger partial charge in [-0.2, -0.15) is 9.67 Å². The number of nitrogens with two attached hydrogens (primary N) is 1. The molecule has 2 aromatic rings. The lowest BCUT2D eigenvalue weighted by atomic mass is 10.1. The van der Waals surface area contributed by atoms with Crippen LogP contribution in [0.3, 0.4) is 0 Å². The minimum absolute atomic E-state index is 0.329. The Kier molecular flexibility index (Phi) is 3.25. The van der Waals surface area contributed by atoms with Crippen molar-refractivity contribution in [3.63, 3.8) is 0 Å². The molecule has 3 rings (SSSR count). The van der Waals surface area contributed by atoms with Gasteiger partial charge in [-0.25, -0.2) is 9.97 Å². The molecule has 1 aliphatic heterocycles. The van der Waals surface area contributed by atoms with Gasteiger partial charge in [0.25, 0.3) is 5.95 Å². The zero-order valence-corrected chi connectivity index (χ0v) is 11.9. The van der Waals surface area contributed by atoms with Crippen LogP contribution in [0, 0.1) is 13.8 Å². The number of piperidine rings is 1. The van der Waals surface area contributed by atoms with Crippen molar-refractivity contribution in [3.05, 3.63) is 17.5 Å². The van der Waals surface area contributed by atoms with E-state index in [0.717, 1.165) is 24.5 Å². The lowest BCUT2D eigenvalue weighted by Gasteiger charge is -2.24. The van der Waals surface area contributed by atoms with Crippen molar-refractivity contribution in [2.75, 3.05) is 23.7 Å². The fourth-order valence-corrected chi connectivity index (χ4v) is 2.49. The molecule has 0 spiro atoms. The predicted molar refractivity (Wildman–Crippen MR) is 76.9 cm³/mol. The van der Waals surface area contributed by atoms with Crippen LogP contribution >= 0.6 is 0 Å². The lowest BCUT2D eigenvalue weighted by Crippen LogP contribution is -2.30. The van der Waals surface area contributed by atoms with Crippen LogP contribution in [0.15, 0.2) is 6.07 Å². The molecular weight excluding hydrogens is 254 g/mol. The van der Waals surface area contributed by atoms with Gasteiger partial charge in [0.15, 0.2) is 0 Å². The Bertz CT molecular complexity index is 593. The molecule has 7 nitrogen and oxygen atoms in total. The highest BCUT2D eigenvalue weighted by Crippen LogP contribution is 2.18. The highest BCUT2D eigenvalue weighted by Gasteiger charge is 2.18. The Hall–Kier alpha value is -2.18. The minimum Gasteiger partial charge on any atom is -0.368 e. The van der Waals surface area contributed by atoms with Gasteiger partial charge in [0, 0.05) is 24.5 Å². The maximum Gasteiger partial charge on any atom is 0.254 e. The number of rotatable bonds is 2. The fraction of sp³-hybridized carbons (Fsp3) is 0.538. The average Bonchev–Trinajstić information content (AvgIpc) is 2.81. The van der Waals surface area contributed by atoms with Crippen LogP contribution in [-0.4, -0.2) is 37.8 Å². The molecule has 0 unspecified atom stereocenters. The van der Waals surface area contributed by atoms with Gasteiger partial charge >= 0.3 is 0 Å². The molecular formula is C13H19N7. The summed E-state index contributed by atoms with van der Waals surface area (Å²) < 4.78 is 1.52. The van der Waals surface area contributed by atoms with Crippen LogP contribution in [0.25, 0.3) is 5.95 Å². The van der Waals surface area contributed by atoms with E-state index in [2.05, 4.69) is 25.0 Å². The minimum atomic E-state index is 0.329. The van der Waals surface area contributed by atoms with Gasteiger partial charge in [0.1, 0.15) is 0 Å². The van der Waals surface area contributed by atoms with E-state index < -0.39 is 0 Å². The molecule has 106 valence electrons. The summed E-state index contributed by atoms with van der Waals surface area (Å²) >= 11 is 0. The smallest absolute Gasteiger partial charge is 0.254 e. The van der Waals surface area contributed by atoms with E-state index >= 15 is 0 Å². The number of aromatic nitrogens is 5. The number of hydrogen-bond donors (Lipinski definition) is 1. The van der Waals surface area contributed by atoms with Crippen LogP contribution < -0.4 is 10.6 Å². The summed E-state index contributed by atoms with van der Waals surface area (Å²) in [5, 5.41) is 4.47. The summed E-state index contributed by atoms with van der Waals surface area (Å²) in [6, 6.07) is 1.92. The number of nitrogens with zero attached hydrogens (tertiary/aromatic N) is 6. The molecule has 7 heteroatoms. The standard InChI is InChI=1S/C13H19N7/c1-9-8-10(2)16-12(15-9)20-11(14)17-13(18-20)19-6-4-3-5-7-19/h8H,3-7H2,1-2H3,(H2,14,17,18). The lowest BCUT2D eigenvalue weighted by molar-refractivity contribution is 0.567. The van der Waals surface area contributed by atoms with E-state index in [1.807, 2.05) is 19.9 Å². The molecule has 0 aliphatic carbocycles. The maximum absolute atomic E-state index is 5.96. The summed E-state index contributed by atoms with van der Waals surface area (Å²) in [4.78, 5) is 15.3. The molecule has 0 bridgehead atoms. The van der Waals surface area contributed by atoms with Gasteiger partial charge in [-0.3, -0.25) is 0 Å². The van der Waals surface area contributed by atoms with Gasteiger partial charge in [-0.05, 0) is 39.2 Å². The van der Waals surface area contributed by atoms with Gasteiger partial charge in [0.05, 0.1) is 0 Å². The molecule has 1 aliphatic rings. The zero-order valence-electron chi connectivity index (χ0n) is 11.9. The van der Waals surface area contributed by atoms with Crippen LogP contribution in [0.4, 0.5) is 11.9 Å². The summed E-state index contributed by atoms with van der Waals surface area (Å²) in [6.07, 6.45) is 3.62. The Morgan fingerprint density at radius 1 is 0.950 bits per heavy atom. The first kappa shape index (κ1) is 12.8. The molecule has 0 atom stereocenters. The molecule has 1 fully saturated rings. The number of hydrogen-bond acceptors (Lipinski definition) is 6. The monoisotopic (exact) mass is 273 g/mol. The molecule has 2 N–H and O–H groups in total. The SMILES string of the molecule is Cc1cc(C)nc(-n2nc(N3CCCCC3)nc2N)n1. The van der Waals surface area contributed by atoms with Crippen molar-refractivity contribution in [2.45, 2.75) is 33.1 Å². The topological polar surface area (TPSA) is 85.8 Å². The largest absolute Gasteiger partial charge is 0.368 e. The van der Waals surface area contributed by atoms with Gasteiger partial charge in [-0.1, -0.05) is 0 Å². The van der Waals surface area contributed by atoms with Crippen molar-refractivity contribution >= 4 is 11.9 Å². The normalized spacial score (nSPS) is 15.6. The fourth-order valence-electron chi connectivity index (χ4n) is 2.49.